The van der Waals surface area contributed by atoms with Gasteiger partial charge in [-0.1, -0.05) is 29.8 Å². The summed E-state index contributed by atoms with van der Waals surface area (Å²) in [6.07, 6.45) is 2.13. The summed E-state index contributed by atoms with van der Waals surface area (Å²) in [5, 5.41) is -0.0108. The molecule has 1 aromatic heterocycles. The van der Waals surface area contributed by atoms with E-state index in [1.54, 1.807) is 18.8 Å². The van der Waals surface area contributed by atoms with Gasteiger partial charge in [0.2, 0.25) is 5.03 Å². The Morgan fingerprint density at radius 3 is 2.90 bits per heavy atom. The third-order valence-electron chi connectivity index (χ3n) is 3.34. The maximum absolute atomic E-state index is 12.5. The van der Waals surface area contributed by atoms with Gasteiger partial charge in [-0.25, -0.2) is 18.1 Å². The fourth-order valence-corrected chi connectivity index (χ4v) is 5.09. The predicted molar refractivity (Wildman–Crippen MR) is 83.1 cm³/mol. The fraction of sp³-hybridized carbons (Fsp3) is 0.308. The van der Waals surface area contributed by atoms with Crippen LogP contribution in [0.1, 0.15) is 18.0 Å². The smallest absolute Gasteiger partial charge is 0.261 e. The average Bonchev–Trinajstić information content (AvgIpc) is 2.80. The Bertz CT molecular complexity index is 773. The van der Waals surface area contributed by atoms with Crippen LogP contribution in [0.3, 0.4) is 0 Å². The van der Waals surface area contributed by atoms with Crippen molar-refractivity contribution in [1.82, 2.24) is 14.3 Å². The number of benzene rings is 1. The first-order chi connectivity index (χ1) is 9.99. The van der Waals surface area contributed by atoms with Crippen LogP contribution in [0.2, 0.25) is 5.15 Å². The maximum Gasteiger partial charge on any atom is 0.261 e. The van der Waals surface area contributed by atoms with Gasteiger partial charge in [0.15, 0.2) is 0 Å². The van der Waals surface area contributed by atoms with Crippen LogP contribution in [0.25, 0.3) is 0 Å². The van der Waals surface area contributed by atoms with E-state index in [0.717, 1.165) is 22.6 Å². The number of halogens is 1. The summed E-state index contributed by atoms with van der Waals surface area (Å²) < 4.78 is 29.1. The lowest BCUT2D eigenvalue weighted by Crippen LogP contribution is -2.31. The number of nitrogens with one attached hydrogen (secondary N) is 1. The van der Waals surface area contributed by atoms with Crippen molar-refractivity contribution in [2.75, 3.05) is 5.75 Å². The molecule has 8 heteroatoms. The lowest BCUT2D eigenvalue weighted by molar-refractivity contribution is 0.543. The van der Waals surface area contributed by atoms with Crippen molar-refractivity contribution in [3.05, 3.63) is 41.3 Å². The molecule has 1 N–H and O–H groups in total. The van der Waals surface area contributed by atoms with Crippen molar-refractivity contribution in [3.8, 4) is 0 Å². The molecule has 1 aliphatic rings. The average molecular weight is 344 g/mol. The number of sulfonamides is 1. The van der Waals surface area contributed by atoms with Gasteiger partial charge in [-0.15, -0.1) is 11.8 Å². The fourth-order valence-electron chi connectivity index (χ4n) is 2.28. The van der Waals surface area contributed by atoms with Gasteiger partial charge in [0.25, 0.3) is 10.0 Å². The quantitative estimate of drug-likeness (QED) is 0.930. The highest BCUT2D eigenvalue weighted by molar-refractivity contribution is 7.99. The van der Waals surface area contributed by atoms with Crippen molar-refractivity contribution in [1.29, 1.82) is 0 Å². The van der Waals surface area contributed by atoms with E-state index in [4.69, 9.17) is 11.6 Å². The topological polar surface area (TPSA) is 64.0 Å². The van der Waals surface area contributed by atoms with Crippen molar-refractivity contribution in [2.24, 2.45) is 7.05 Å². The van der Waals surface area contributed by atoms with E-state index in [1.165, 1.54) is 10.9 Å². The summed E-state index contributed by atoms with van der Waals surface area (Å²) in [6, 6.07) is 7.59. The van der Waals surface area contributed by atoms with Gasteiger partial charge in [0.1, 0.15) is 5.15 Å². The van der Waals surface area contributed by atoms with E-state index >= 15 is 0 Å². The molecule has 0 bridgehead atoms. The molecule has 112 valence electrons. The summed E-state index contributed by atoms with van der Waals surface area (Å²) in [5.74, 6) is 0.875. The Labute approximate surface area is 132 Å². The zero-order valence-corrected chi connectivity index (χ0v) is 13.7. The number of nitrogens with zero attached hydrogens (tertiary/aromatic N) is 2. The summed E-state index contributed by atoms with van der Waals surface area (Å²) in [4.78, 5) is 5.00. The molecule has 0 amide bonds. The molecule has 21 heavy (non-hydrogen) atoms. The van der Waals surface area contributed by atoms with Gasteiger partial charge >= 0.3 is 0 Å². The number of fused-ring (bicyclic) bond motifs is 1. The molecule has 1 aromatic carbocycles. The number of hydrogen-bond acceptors (Lipinski definition) is 4. The summed E-state index contributed by atoms with van der Waals surface area (Å²) in [5.41, 5.74) is 1.00. The monoisotopic (exact) mass is 343 g/mol. The van der Waals surface area contributed by atoms with Crippen LogP contribution in [-0.2, 0) is 17.1 Å². The van der Waals surface area contributed by atoms with E-state index < -0.39 is 10.0 Å². The lowest BCUT2D eigenvalue weighted by Gasteiger charge is -2.25. The second-order valence-corrected chi connectivity index (χ2v) is 7.92. The van der Waals surface area contributed by atoms with Crippen LogP contribution in [0.4, 0.5) is 0 Å². The van der Waals surface area contributed by atoms with Crippen LogP contribution in [-0.4, -0.2) is 23.7 Å². The minimum absolute atomic E-state index is 0.112. The second kappa shape index (κ2) is 5.64. The molecule has 0 aliphatic carbocycles. The molecule has 0 saturated carbocycles. The van der Waals surface area contributed by atoms with Gasteiger partial charge in [-0.3, -0.25) is 0 Å². The number of aryl methyl sites for hydroxylation is 1. The molecule has 2 heterocycles. The summed E-state index contributed by atoms with van der Waals surface area (Å²) in [7, 11) is -2.08. The lowest BCUT2D eigenvalue weighted by atomic mass is 10.1. The third-order valence-corrected chi connectivity index (χ3v) is 6.43. The molecular formula is C13H14ClN3O2S2. The Morgan fingerprint density at radius 1 is 1.43 bits per heavy atom. The minimum Gasteiger partial charge on any atom is -0.324 e. The maximum atomic E-state index is 12.5. The van der Waals surface area contributed by atoms with Crippen LogP contribution < -0.4 is 4.72 Å². The Hall–Kier alpha value is -1.02. The summed E-state index contributed by atoms with van der Waals surface area (Å²) in [6.45, 7) is 0. The highest BCUT2D eigenvalue weighted by Crippen LogP contribution is 2.36. The van der Waals surface area contributed by atoms with Crippen molar-refractivity contribution in [3.63, 3.8) is 0 Å². The number of hydrogen-bond donors (Lipinski definition) is 1. The van der Waals surface area contributed by atoms with Crippen LogP contribution in [0.15, 0.2) is 40.5 Å². The number of imidazole rings is 1. The van der Waals surface area contributed by atoms with Crippen molar-refractivity contribution in [2.45, 2.75) is 22.4 Å². The summed E-state index contributed by atoms with van der Waals surface area (Å²) >= 11 is 7.73. The molecule has 1 aliphatic heterocycles. The normalized spacial score (nSPS) is 18.5. The molecule has 3 rings (SSSR count). The SMILES string of the molecule is Cn1cnc(S(=O)(=O)NC2CCSc3ccccc32)c1Cl. The van der Waals surface area contributed by atoms with E-state index in [9.17, 15) is 8.42 Å². The van der Waals surface area contributed by atoms with E-state index in [0.29, 0.717) is 0 Å². The molecule has 0 spiro atoms. The molecule has 2 aromatic rings. The van der Waals surface area contributed by atoms with E-state index in [-0.39, 0.29) is 16.2 Å². The van der Waals surface area contributed by atoms with Crippen LogP contribution in [0.5, 0.6) is 0 Å². The van der Waals surface area contributed by atoms with Gasteiger partial charge < -0.3 is 4.57 Å². The first-order valence-electron chi connectivity index (χ1n) is 6.40. The highest BCUT2D eigenvalue weighted by Gasteiger charge is 2.29. The van der Waals surface area contributed by atoms with Crippen molar-refractivity contribution < 1.29 is 8.42 Å². The first kappa shape index (κ1) is 14.9. The Morgan fingerprint density at radius 2 is 2.19 bits per heavy atom. The van der Waals surface area contributed by atoms with Gasteiger partial charge in [0.05, 0.1) is 6.33 Å². The van der Waals surface area contributed by atoms with Gasteiger partial charge in [-0.2, -0.15) is 0 Å². The van der Waals surface area contributed by atoms with E-state index in [1.807, 2.05) is 24.3 Å². The molecule has 0 fully saturated rings. The predicted octanol–water partition coefficient (Wildman–Crippen LogP) is 2.59. The third kappa shape index (κ3) is 2.83. The van der Waals surface area contributed by atoms with E-state index in [2.05, 4.69) is 9.71 Å². The number of aromatic nitrogens is 2. The zero-order valence-electron chi connectivity index (χ0n) is 11.3. The zero-order chi connectivity index (χ0) is 15.0. The van der Waals surface area contributed by atoms with Crippen LogP contribution >= 0.6 is 23.4 Å². The van der Waals surface area contributed by atoms with Crippen LogP contribution in [0, 0.1) is 0 Å². The molecule has 0 saturated heterocycles. The molecule has 1 atom stereocenters. The number of thioether (sulfide) groups is 1. The highest BCUT2D eigenvalue weighted by atomic mass is 35.5. The molecule has 5 nitrogen and oxygen atoms in total. The second-order valence-electron chi connectivity index (χ2n) is 4.80. The molecule has 0 radical (unpaired) electrons. The van der Waals surface area contributed by atoms with Gasteiger partial charge in [-0.05, 0) is 23.8 Å². The van der Waals surface area contributed by atoms with Crippen molar-refractivity contribution >= 4 is 33.4 Å². The largest absolute Gasteiger partial charge is 0.324 e. The standard InChI is InChI=1S/C13H14ClN3O2S2/c1-17-8-15-13(12(17)14)21(18,19)16-10-6-7-20-11-5-3-2-4-9(10)11/h2-5,8,10,16H,6-7H2,1H3. The first-order valence-corrected chi connectivity index (χ1v) is 9.24. The molecule has 1 unspecified atom stereocenters. The number of rotatable bonds is 3. The Balaban J connectivity index is 1.92. The minimum atomic E-state index is -3.74. The molecular weight excluding hydrogens is 330 g/mol. The Kier molecular flexibility index (Phi) is 4.00. The van der Waals surface area contributed by atoms with Gasteiger partial charge in [0, 0.05) is 18.0 Å².